The van der Waals surface area contributed by atoms with Crippen molar-refractivity contribution >= 4 is 5.91 Å². The van der Waals surface area contributed by atoms with Crippen LogP contribution in [0.2, 0.25) is 0 Å². The maximum absolute atomic E-state index is 13.0. The molecule has 1 aliphatic rings. The van der Waals surface area contributed by atoms with Crippen LogP contribution in [0.15, 0.2) is 41.0 Å². The van der Waals surface area contributed by atoms with E-state index in [1.54, 1.807) is 13.0 Å². The Morgan fingerprint density at radius 1 is 1.35 bits per heavy atom. The molecule has 23 heavy (non-hydrogen) atoms. The zero-order chi connectivity index (χ0) is 16.2. The van der Waals surface area contributed by atoms with Gasteiger partial charge in [0.05, 0.1) is 11.8 Å². The summed E-state index contributed by atoms with van der Waals surface area (Å²) in [7, 11) is 0. The first-order chi connectivity index (χ1) is 11.1. The van der Waals surface area contributed by atoms with Crippen molar-refractivity contribution in [3.63, 3.8) is 0 Å². The van der Waals surface area contributed by atoms with Crippen LogP contribution < -0.4 is 5.32 Å². The average Bonchev–Trinajstić information content (AvgIpc) is 2.96. The van der Waals surface area contributed by atoms with E-state index in [1.807, 2.05) is 12.1 Å². The summed E-state index contributed by atoms with van der Waals surface area (Å²) in [6.07, 6.45) is 3.55. The molecular weight excluding hydrogens is 295 g/mol. The molecule has 1 aromatic heterocycles. The number of amides is 1. The number of benzene rings is 1. The molecule has 1 aliphatic heterocycles. The lowest BCUT2D eigenvalue weighted by Gasteiger charge is -2.33. The van der Waals surface area contributed by atoms with Crippen LogP contribution in [0.3, 0.4) is 0 Å². The molecule has 1 amide bonds. The molecule has 0 radical (unpaired) electrons. The molecule has 1 N–H and O–H groups in total. The van der Waals surface area contributed by atoms with E-state index >= 15 is 0 Å². The Labute approximate surface area is 135 Å². The maximum atomic E-state index is 13.0. The number of halogens is 1. The van der Waals surface area contributed by atoms with Gasteiger partial charge in [-0.25, -0.2) is 4.39 Å². The highest BCUT2D eigenvalue weighted by atomic mass is 19.1. The van der Waals surface area contributed by atoms with Crippen molar-refractivity contribution in [3.8, 4) is 0 Å². The van der Waals surface area contributed by atoms with Crippen LogP contribution in [0.25, 0.3) is 0 Å². The molecule has 0 spiro atoms. The first-order valence-electron chi connectivity index (χ1n) is 7.93. The van der Waals surface area contributed by atoms with E-state index in [0.717, 1.165) is 38.0 Å². The van der Waals surface area contributed by atoms with E-state index in [2.05, 4.69) is 10.2 Å². The van der Waals surface area contributed by atoms with Gasteiger partial charge in [0.25, 0.3) is 5.91 Å². The van der Waals surface area contributed by atoms with E-state index in [1.165, 1.54) is 18.4 Å². The highest BCUT2D eigenvalue weighted by Crippen LogP contribution is 2.16. The molecule has 122 valence electrons. The summed E-state index contributed by atoms with van der Waals surface area (Å²) < 4.78 is 18.2. The van der Waals surface area contributed by atoms with Crippen molar-refractivity contribution in [1.82, 2.24) is 10.2 Å². The number of carbonyl (C=O) groups excluding carboxylic acids is 1. The molecule has 0 aliphatic carbocycles. The minimum absolute atomic E-state index is 0.0788. The quantitative estimate of drug-likeness (QED) is 0.942. The summed E-state index contributed by atoms with van der Waals surface area (Å²) in [5.74, 6) is 0.347. The zero-order valence-electron chi connectivity index (χ0n) is 13.2. The second-order valence-electron chi connectivity index (χ2n) is 6.06. The Balaban J connectivity index is 1.56. The summed E-state index contributed by atoms with van der Waals surface area (Å²) in [5.41, 5.74) is 1.68. The fraction of sp³-hybridized carbons (Fsp3) is 0.389. The second kappa shape index (κ2) is 6.96. The molecule has 4 nitrogen and oxygen atoms in total. The van der Waals surface area contributed by atoms with E-state index in [0.29, 0.717) is 11.3 Å². The SMILES string of the molecule is Cc1occc1C(=O)NC1CCCN(Cc2ccc(F)cc2)C1. The molecule has 1 aromatic carbocycles. The Morgan fingerprint density at radius 2 is 2.13 bits per heavy atom. The highest BCUT2D eigenvalue weighted by Gasteiger charge is 2.23. The number of likely N-dealkylation sites (tertiary alicyclic amines) is 1. The Hall–Kier alpha value is -2.14. The van der Waals surface area contributed by atoms with Crippen LogP contribution >= 0.6 is 0 Å². The highest BCUT2D eigenvalue weighted by molar-refractivity contribution is 5.95. The lowest BCUT2D eigenvalue weighted by Crippen LogP contribution is -2.47. The molecule has 2 aromatic rings. The first kappa shape index (κ1) is 15.7. The average molecular weight is 316 g/mol. The number of nitrogens with zero attached hydrogens (tertiary/aromatic N) is 1. The number of hydrogen-bond donors (Lipinski definition) is 1. The molecule has 1 atom stereocenters. The van der Waals surface area contributed by atoms with Crippen LogP contribution in [-0.2, 0) is 6.54 Å². The van der Waals surface area contributed by atoms with Gasteiger partial charge in [0.15, 0.2) is 0 Å². The van der Waals surface area contributed by atoms with Crippen molar-refractivity contribution in [2.75, 3.05) is 13.1 Å². The van der Waals surface area contributed by atoms with Crippen molar-refractivity contribution < 1.29 is 13.6 Å². The van der Waals surface area contributed by atoms with E-state index in [-0.39, 0.29) is 17.8 Å². The Bertz CT molecular complexity index is 666. The van der Waals surface area contributed by atoms with Gasteiger partial charge in [0.1, 0.15) is 11.6 Å². The number of piperidine rings is 1. The monoisotopic (exact) mass is 316 g/mol. The summed E-state index contributed by atoms with van der Waals surface area (Å²) in [4.78, 5) is 14.6. The second-order valence-corrected chi connectivity index (χ2v) is 6.06. The standard InChI is InChI=1S/C18H21FN2O2/c1-13-17(8-10-23-13)18(22)20-16-3-2-9-21(12-16)11-14-4-6-15(19)7-5-14/h4-8,10,16H,2-3,9,11-12H2,1H3,(H,20,22). The largest absolute Gasteiger partial charge is 0.469 e. The van der Waals surface area contributed by atoms with Gasteiger partial charge < -0.3 is 9.73 Å². The normalized spacial score (nSPS) is 18.8. The van der Waals surface area contributed by atoms with Crippen LogP contribution in [0.1, 0.15) is 34.5 Å². The third kappa shape index (κ3) is 3.99. The first-order valence-corrected chi connectivity index (χ1v) is 7.93. The molecule has 0 saturated carbocycles. The minimum atomic E-state index is -0.215. The molecular formula is C18H21FN2O2. The molecule has 0 bridgehead atoms. The molecule has 1 fully saturated rings. The number of carbonyl (C=O) groups is 1. The molecule has 5 heteroatoms. The van der Waals surface area contributed by atoms with Crippen LogP contribution in [0, 0.1) is 12.7 Å². The molecule has 2 heterocycles. The van der Waals surface area contributed by atoms with Gasteiger partial charge in [0, 0.05) is 19.1 Å². The van der Waals surface area contributed by atoms with Crippen LogP contribution in [-0.4, -0.2) is 29.9 Å². The number of nitrogens with one attached hydrogen (secondary N) is 1. The van der Waals surface area contributed by atoms with Gasteiger partial charge in [-0.1, -0.05) is 12.1 Å². The summed E-state index contributed by atoms with van der Waals surface area (Å²) >= 11 is 0. The fourth-order valence-electron chi connectivity index (χ4n) is 3.05. The van der Waals surface area contributed by atoms with Crippen molar-refractivity contribution in [2.24, 2.45) is 0 Å². The van der Waals surface area contributed by atoms with Crippen LogP contribution in [0.4, 0.5) is 4.39 Å². The fourth-order valence-corrected chi connectivity index (χ4v) is 3.05. The summed E-state index contributed by atoms with van der Waals surface area (Å²) in [5, 5.41) is 3.09. The zero-order valence-corrected chi connectivity index (χ0v) is 13.2. The van der Waals surface area contributed by atoms with Crippen LogP contribution in [0.5, 0.6) is 0 Å². The number of furan rings is 1. The minimum Gasteiger partial charge on any atom is -0.469 e. The predicted octanol–water partition coefficient (Wildman–Crippen LogP) is 3.12. The summed E-state index contributed by atoms with van der Waals surface area (Å²) in [6.45, 7) is 4.36. The van der Waals surface area contributed by atoms with Gasteiger partial charge in [0.2, 0.25) is 0 Å². The van der Waals surface area contributed by atoms with E-state index in [4.69, 9.17) is 4.42 Å². The number of rotatable bonds is 4. The lowest BCUT2D eigenvalue weighted by atomic mass is 10.0. The van der Waals surface area contributed by atoms with E-state index < -0.39 is 0 Å². The van der Waals surface area contributed by atoms with Crippen molar-refractivity contribution in [2.45, 2.75) is 32.4 Å². The van der Waals surface area contributed by atoms with Crippen molar-refractivity contribution in [3.05, 3.63) is 59.3 Å². The van der Waals surface area contributed by atoms with Gasteiger partial charge in [-0.2, -0.15) is 0 Å². The number of hydrogen-bond acceptors (Lipinski definition) is 3. The third-order valence-electron chi connectivity index (χ3n) is 4.26. The number of aryl methyl sites for hydroxylation is 1. The Kier molecular flexibility index (Phi) is 4.76. The van der Waals surface area contributed by atoms with Gasteiger partial charge in [-0.15, -0.1) is 0 Å². The smallest absolute Gasteiger partial charge is 0.255 e. The Morgan fingerprint density at radius 3 is 2.83 bits per heavy atom. The maximum Gasteiger partial charge on any atom is 0.255 e. The van der Waals surface area contributed by atoms with Gasteiger partial charge >= 0.3 is 0 Å². The van der Waals surface area contributed by atoms with E-state index in [9.17, 15) is 9.18 Å². The topological polar surface area (TPSA) is 45.5 Å². The molecule has 3 rings (SSSR count). The summed E-state index contributed by atoms with van der Waals surface area (Å²) in [6, 6.07) is 8.43. The van der Waals surface area contributed by atoms with Gasteiger partial charge in [-0.05, 0) is 50.1 Å². The molecule has 1 unspecified atom stereocenters. The third-order valence-corrected chi connectivity index (χ3v) is 4.26. The van der Waals surface area contributed by atoms with Gasteiger partial charge in [-0.3, -0.25) is 9.69 Å². The molecule has 1 saturated heterocycles. The van der Waals surface area contributed by atoms with Crippen molar-refractivity contribution in [1.29, 1.82) is 0 Å². The lowest BCUT2D eigenvalue weighted by molar-refractivity contribution is 0.0899. The predicted molar refractivity (Wildman–Crippen MR) is 85.6 cm³/mol.